The second-order valence-corrected chi connectivity index (χ2v) is 10.9. The van der Waals surface area contributed by atoms with Gasteiger partial charge in [0.2, 0.25) is 0 Å². The molecule has 0 atom stereocenters. The van der Waals surface area contributed by atoms with E-state index in [1.165, 1.54) is 42.5 Å². The second kappa shape index (κ2) is 10.6. The predicted molar refractivity (Wildman–Crippen MR) is 143 cm³/mol. The van der Waals surface area contributed by atoms with Crippen molar-refractivity contribution in [1.82, 2.24) is 0 Å². The van der Waals surface area contributed by atoms with E-state index in [2.05, 4.69) is 15.4 Å². The molecule has 0 unspecified atom stereocenters. The Morgan fingerprint density at radius 3 is 2.11 bits per heavy atom. The summed E-state index contributed by atoms with van der Waals surface area (Å²) in [7, 11) is -3.75. The minimum absolute atomic E-state index is 0.0816. The van der Waals surface area contributed by atoms with Gasteiger partial charge in [-0.25, -0.2) is 18.0 Å². The number of benzene rings is 3. The SMILES string of the molecule is O=C(Nc1ccc(NS(=O)(=O)c2ccccc2)cc1)Nc1sc(-c2ccc(Cl)c(Cl)c2)cc1C(=O)O. The maximum Gasteiger partial charge on any atom is 0.338 e. The quantitative estimate of drug-likeness (QED) is 0.196. The van der Waals surface area contributed by atoms with Gasteiger partial charge >= 0.3 is 12.0 Å². The fourth-order valence-electron chi connectivity index (χ4n) is 3.14. The third kappa shape index (κ3) is 5.97. The van der Waals surface area contributed by atoms with Crippen LogP contribution in [0.5, 0.6) is 0 Å². The molecule has 0 saturated carbocycles. The van der Waals surface area contributed by atoms with E-state index in [4.69, 9.17) is 23.2 Å². The standard InChI is InChI=1S/C24H17Cl2N3O5S2/c25-19-11-6-14(12-20(19)26)21-13-18(23(30)31)22(35-21)28-24(32)27-15-7-9-16(10-8-15)29-36(33,34)17-4-2-1-3-5-17/h1-13,29H,(H,30,31)(H2,27,28,32). The molecule has 0 spiro atoms. The molecule has 8 nitrogen and oxygen atoms in total. The number of sulfonamides is 1. The summed E-state index contributed by atoms with van der Waals surface area (Å²) in [5.74, 6) is -1.21. The summed E-state index contributed by atoms with van der Waals surface area (Å²) >= 11 is 13.1. The Hall–Kier alpha value is -3.57. The van der Waals surface area contributed by atoms with Gasteiger partial charge < -0.3 is 10.4 Å². The number of carbonyl (C=O) groups excluding carboxylic acids is 1. The molecule has 3 aromatic carbocycles. The van der Waals surface area contributed by atoms with E-state index < -0.39 is 22.0 Å². The average Bonchev–Trinajstić information content (AvgIpc) is 3.26. The van der Waals surface area contributed by atoms with Crippen LogP contribution in [0.1, 0.15) is 10.4 Å². The van der Waals surface area contributed by atoms with Crippen LogP contribution in [0.4, 0.5) is 21.2 Å². The summed E-state index contributed by atoms with van der Waals surface area (Å²) in [6, 6.07) is 19.6. The number of carboxylic acid groups (broad SMARTS) is 1. The van der Waals surface area contributed by atoms with Gasteiger partial charge in [0.15, 0.2) is 0 Å². The summed E-state index contributed by atoms with van der Waals surface area (Å²) in [6.45, 7) is 0. The van der Waals surface area contributed by atoms with Crippen LogP contribution in [-0.4, -0.2) is 25.5 Å². The number of amides is 2. The largest absolute Gasteiger partial charge is 0.478 e. The first kappa shape index (κ1) is 25.5. The first-order valence-corrected chi connectivity index (χ1v) is 13.3. The molecule has 0 aliphatic carbocycles. The van der Waals surface area contributed by atoms with E-state index in [9.17, 15) is 23.1 Å². The van der Waals surface area contributed by atoms with Gasteiger partial charge in [-0.15, -0.1) is 11.3 Å². The van der Waals surface area contributed by atoms with Gasteiger partial charge in [0.1, 0.15) is 5.00 Å². The molecule has 0 aliphatic heterocycles. The monoisotopic (exact) mass is 561 g/mol. The zero-order valence-corrected chi connectivity index (χ0v) is 21.3. The van der Waals surface area contributed by atoms with Crippen molar-refractivity contribution in [2.24, 2.45) is 0 Å². The molecular weight excluding hydrogens is 545 g/mol. The molecule has 36 heavy (non-hydrogen) atoms. The van der Waals surface area contributed by atoms with Crippen molar-refractivity contribution < 1.29 is 23.1 Å². The molecule has 1 heterocycles. The molecule has 2 amide bonds. The topological polar surface area (TPSA) is 125 Å². The highest BCUT2D eigenvalue weighted by Gasteiger charge is 2.19. The Bertz CT molecular complexity index is 1540. The summed E-state index contributed by atoms with van der Waals surface area (Å²) in [6.07, 6.45) is 0. The minimum Gasteiger partial charge on any atom is -0.478 e. The van der Waals surface area contributed by atoms with Crippen LogP contribution < -0.4 is 15.4 Å². The average molecular weight is 562 g/mol. The number of hydrogen-bond acceptors (Lipinski definition) is 5. The Labute approximate surface area is 220 Å². The Morgan fingerprint density at radius 1 is 0.806 bits per heavy atom. The molecule has 0 saturated heterocycles. The fraction of sp³-hybridized carbons (Fsp3) is 0. The maximum absolute atomic E-state index is 12.5. The summed E-state index contributed by atoms with van der Waals surface area (Å²) < 4.78 is 27.3. The molecule has 12 heteroatoms. The van der Waals surface area contributed by atoms with E-state index >= 15 is 0 Å². The molecule has 4 aromatic rings. The van der Waals surface area contributed by atoms with Gasteiger partial charge in [-0.3, -0.25) is 10.0 Å². The number of hydrogen-bond donors (Lipinski definition) is 4. The molecule has 0 aliphatic rings. The van der Waals surface area contributed by atoms with Crippen molar-refractivity contribution >= 4 is 72.9 Å². The van der Waals surface area contributed by atoms with Crippen molar-refractivity contribution in [2.75, 3.05) is 15.4 Å². The van der Waals surface area contributed by atoms with E-state index in [0.717, 1.165) is 11.3 Å². The first-order valence-electron chi connectivity index (χ1n) is 10.2. The van der Waals surface area contributed by atoms with Crippen LogP contribution in [0.2, 0.25) is 10.0 Å². The van der Waals surface area contributed by atoms with Gasteiger partial charge in [-0.05, 0) is 60.2 Å². The number of anilines is 3. The normalized spacial score (nSPS) is 11.1. The molecule has 0 bridgehead atoms. The van der Waals surface area contributed by atoms with E-state index in [-0.39, 0.29) is 15.5 Å². The summed E-state index contributed by atoms with van der Waals surface area (Å²) in [5.41, 5.74) is 1.25. The highest BCUT2D eigenvalue weighted by Crippen LogP contribution is 2.37. The third-order valence-corrected chi connectivity index (χ3v) is 8.08. The summed E-state index contributed by atoms with van der Waals surface area (Å²) in [4.78, 5) is 25.0. The molecular formula is C24H17Cl2N3O5S2. The lowest BCUT2D eigenvalue weighted by molar-refractivity contribution is 0.0698. The van der Waals surface area contributed by atoms with Crippen LogP contribution in [0.3, 0.4) is 0 Å². The van der Waals surface area contributed by atoms with Gasteiger partial charge in [-0.2, -0.15) is 0 Å². The smallest absolute Gasteiger partial charge is 0.338 e. The van der Waals surface area contributed by atoms with Crippen molar-refractivity contribution in [1.29, 1.82) is 0 Å². The van der Waals surface area contributed by atoms with Crippen molar-refractivity contribution in [2.45, 2.75) is 4.90 Å². The Balaban J connectivity index is 1.45. The number of carbonyl (C=O) groups is 2. The van der Waals surface area contributed by atoms with Crippen molar-refractivity contribution in [3.05, 3.63) is 94.5 Å². The minimum atomic E-state index is -3.75. The van der Waals surface area contributed by atoms with Crippen LogP contribution >= 0.6 is 34.5 Å². The van der Waals surface area contributed by atoms with E-state index in [1.807, 2.05) is 0 Å². The molecule has 0 fully saturated rings. The van der Waals surface area contributed by atoms with Crippen molar-refractivity contribution in [3.63, 3.8) is 0 Å². The highest BCUT2D eigenvalue weighted by atomic mass is 35.5. The van der Waals surface area contributed by atoms with Gasteiger partial charge in [0.25, 0.3) is 10.0 Å². The number of rotatable bonds is 7. The van der Waals surface area contributed by atoms with E-state index in [1.54, 1.807) is 36.4 Å². The molecule has 184 valence electrons. The van der Waals surface area contributed by atoms with Crippen LogP contribution in [0.15, 0.2) is 83.8 Å². The van der Waals surface area contributed by atoms with Crippen molar-refractivity contribution in [3.8, 4) is 10.4 Å². The Kier molecular flexibility index (Phi) is 7.51. The maximum atomic E-state index is 12.5. The number of carboxylic acids is 1. The lowest BCUT2D eigenvalue weighted by Gasteiger charge is -2.10. The highest BCUT2D eigenvalue weighted by molar-refractivity contribution is 7.92. The second-order valence-electron chi connectivity index (χ2n) is 7.36. The Morgan fingerprint density at radius 2 is 1.47 bits per heavy atom. The molecule has 1 aromatic heterocycles. The third-order valence-electron chi connectivity index (χ3n) is 4.84. The molecule has 4 rings (SSSR count). The van der Waals surface area contributed by atoms with Crippen LogP contribution in [0, 0.1) is 0 Å². The molecule has 4 N–H and O–H groups in total. The zero-order chi connectivity index (χ0) is 25.9. The predicted octanol–water partition coefficient (Wildman–Crippen LogP) is 6.86. The number of aromatic carboxylic acids is 1. The molecule has 0 radical (unpaired) electrons. The van der Waals surface area contributed by atoms with Crippen LogP contribution in [0.25, 0.3) is 10.4 Å². The number of urea groups is 1. The van der Waals surface area contributed by atoms with Crippen LogP contribution in [-0.2, 0) is 10.0 Å². The number of thiophene rings is 1. The fourth-order valence-corrected chi connectivity index (χ4v) is 5.55. The van der Waals surface area contributed by atoms with E-state index in [0.29, 0.717) is 31.9 Å². The first-order chi connectivity index (χ1) is 17.1. The lowest BCUT2D eigenvalue weighted by Crippen LogP contribution is -2.20. The lowest BCUT2D eigenvalue weighted by atomic mass is 10.1. The van der Waals surface area contributed by atoms with Gasteiger partial charge in [0, 0.05) is 16.3 Å². The number of halogens is 2. The number of nitrogens with one attached hydrogen (secondary N) is 3. The zero-order valence-electron chi connectivity index (χ0n) is 18.2. The summed E-state index contributed by atoms with van der Waals surface area (Å²) in [5, 5.41) is 15.5. The van der Waals surface area contributed by atoms with Gasteiger partial charge in [-0.1, -0.05) is 47.5 Å². The van der Waals surface area contributed by atoms with Gasteiger partial charge in [0.05, 0.1) is 20.5 Å².